The molecule has 3 heteroatoms. The lowest BCUT2D eigenvalue weighted by Gasteiger charge is -2.23. The zero-order valence-electron chi connectivity index (χ0n) is 32.4. The molecule has 0 radical (unpaired) electrons. The lowest BCUT2D eigenvalue weighted by atomic mass is 9.85. The minimum absolute atomic E-state index is 0.255. The maximum Gasteiger partial charge on any atom is 0.275 e. The second-order valence-corrected chi connectivity index (χ2v) is 15.3. The Labute approximate surface area is 307 Å². The van der Waals surface area contributed by atoms with Gasteiger partial charge >= 0.3 is 0 Å². The third-order valence-electron chi connectivity index (χ3n) is 10.1. The molecule has 260 valence electrons. The normalized spacial score (nSPS) is 11.2. The topological polar surface area (TPSA) is 18.5 Å². The molecule has 0 heterocycles. The maximum atomic E-state index is 6.79. The number of benzene rings is 6. The summed E-state index contributed by atoms with van der Waals surface area (Å²) in [4.78, 5) is 0. The Hall–Kier alpha value is -4.65. The summed E-state index contributed by atoms with van der Waals surface area (Å²) in [6.45, 7) is 26.4. The van der Waals surface area contributed by atoms with Gasteiger partial charge in [-0.2, -0.15) is 0 Å². The van der Waals surface area contributed by atoms with Crippen molar-refractivity contribution in [3.8, 4) is 56.0 Å². The Kier molecular flexibility index (Phi) is 10.3. The highest BCUT2D eigenvalue weighted by Gasteiger charge is 2.23. The molecule has 2 nitrogen and oxygen atoms in total. The van der Waals surface area contributed by atoms with Gasteiger partial charge in [-0.05, 0) is 173 Å². The van der Waals surface area contributed by atoms with Crippen LogP contribution in [0.2, 0.25) is 0 Å². The number of hydrogen-bond acceptors (Lipinski definition) is 2. The van der Waals surface area contributed by atoms with E-state index in [1.54, 1.807) is 0 Å². The van der Waals surface area contributed by atoms with Crippen molar-refractivity contribution in [2.24, 2.45) is 0 Å². The molecule has 0 unspecified atom stereocenters. The van der Waals surface area contributed by atoms with Crippen molar-refractivity contribution in [1.82, 2.24) is 0 Å². The van der Waals surface area contributed by atoms with E-state index in [0.29, 0.717) is 0 Å². The Bertz CT molecular complexity index is 2050. The first-order chi connectivity index (χ1) is 24.2. The van der Waals surface area contributed by atoms with Crippen LogP contribution in [0.15, 0.2) is 84.9 Å². The monoisotopic (exact) mass is 690 g/mol. The summed E-state index contributed by atoms with van der Waals surface area (Å²) >= 11 is 0. The van der Waals surface area contributed by atoms with Gasteiger partial charge in [-0.15, -0.1) is 0 Å². The summed E-state index contributed by atoms with van der Waals surface area (Å²) in [5, 5.41) is 0. The number of hydrogen-bond donors (Lipinski definition) is 0. The minimum atomic E-state index is -0.255. The summed E-state index contributed by atoms with van der Waals surface area (Å²) in [7, 11) is -0.255. The molecule has 0 aromatic heterocycles. The molecule has 0 fully saturated rings. The van der Waals surface area contributed by atoms with Crippen molar-refractivity contribution in [2.75, 3.05) is 0 Å². The van der Waals surface area contributed by atoms with E-state index in [0.717, 1.165) is 22.6 Å². The van der Waals surface area contributed by atoms with Gasteiger partial charge < -0.3 is 9.05 Å². The quantitative estimate of drug-likeness (QED) is 0.148. The highest BCUT2D eigenvalue weighted by molar-refractivity contribution is 7.27. The fraction of sp³-hybridized carbons (Fsp3) is 0.250. The summed E-state index contributed by atoms with van der Waals surface area (Å²) in [6, 6.07) is 31.1. The predicted octanol–water partition coefficient (Wildman–Crippen LogP) is 14.0. The summed E-state index contributed by atoms with van der Waals surface area (Å²) < 4.78 is 13.6. The average molecular weight is 691 g/mol. The molecule has 0 bridgehead atoms. The molecule has 0 aliphatic rings. The Morgan fingerprint density at radius 1 is 0.314 bits per heavy atom. The van der Waals surface area contributed by atoms with Crippen molar-refractivity contribution in [2.45, 2.75) is 83.1 Å². The fourth-order valence-electron chi connectivity index (χ4n) is 8.63. The van der Waals surface area contributed by atoms with E-state index in [-0.39, 0.29) is 9.03 Å². The van der Waals surface area contributed by atoms with E-state index in [2.05, 4.69) is 168 Å². The second-order valence-electron chi connectivity index (χ2n) is 14.7. The van der Waals surface area contributed by atoms with Crippen LogP contribution in [0, 0.1) is 83.1 Å². The van der Waals surface area contributed by atoms with Crippen LogP contribution in [0.5, 0.6) is 11.5 Å². The largest absolute Gasteiger partial charge is 0.440 e. The van der Waals surface area contributed by atoms with E-state index in [9.17, 15) is 0 Å². The molecule has 51 heavy (non-hydrogen) atoms. The number of rotatable bonds is 8. The first kappa shape index (κ1) is 36.2. The van der Waals surface area contributed by atoms with Crippen molar-refractivity contribution >= 4 is 9.03 Å². The van der Waals surface area contributed by atoms with Crippen molar-refractivity contribution in [1.29, 1.82) is 0 Å². The molecule has 6 aromatic rings. The summed E-state index contributed by atoms with van der Waals surface area (Å²) in [5.74, 6) is 1.65. The van der Waals surface area contributed by atoms with Crippen LogP contribution in [-0.2, 0) is 0 Å². The van der Waals surface area contributed by atoms with E-state index in [1.807, 2.05) is 0 Å². The molecule has 0 amide bonds. The van der Waals surface area contributed by atoms with Crippen LogP contribution in [-0.4, -0.2) is 0 Å². The van der Waals surface area contributed by atoms with E-state index in [4.69, 9.17) is 9.05 Å². The van der Waals surface area contributed by atoms with Crippen LogP contribution < -0.4 is 9.05 Å². The van der Waals surface area contributed by atoms with Crippen molar-refractivity contribution in [3.63, 3.8) is 0 Å². The Morgan fingerprint density at radius 3 is 0.843 bits per heavy atom. The zero-order valence-corrected chi connectivity index (χ0v) is 33.4. The van der Waals surface area contributed by atoms with E-state index in [1.165, 1.54) is 100 Å². The standard InChI is InChI=1S/C48H51O2P/c1-27-19-31(5)43(32(6)20-27)39-15-13-17-41(47(39)45-35(9)23-29(3)24-36(45)10)49-51-50-42-18-14-16-40(44-33(7)21-28(2)22-34(44)8)48(42)46-37(11)25-30(4)26-38(46)12/h13-26,51H,1-12H3. The van der Waals surface area contributed by atoms with Gasteiger partial charge in [0.05, 0.1) is 0 Å². The van der Waals surface area contributed by atoms with Crippen LogP contribution >= 0.6 is 9.03 Å². The molecule has 0 aliphatic heterocycles. The van der Waals surface area contributed by atoms with Gasteiger partial charge in [0.25, 0.3) is 9.03 Å². The van der Waals surface area contributed by atoms with Gasteiger partial charge in [0, 0.05) is 11.1 Å². The van der Waals surface area contributed by atoms with Crippen LogP contribution in [0.4, 0.5) is 0 Å². The molecular weight excluding hydrogens is 640 g/mol. The van der Waals surface area contributed by atoms with Crippen LogP contribution in [0.25, 0.3) is 44.5 Å². The smallest absolute Gasteiger partial charge is 0.275 e. The summed E-state index contributed by atoms with van der Waals surface area (Å²) in [6.07, 6.45) is 0. The van der Waals surface area contributed by atoms with Gasteiger partial charge in [0.1, 0.15) is 11.5 Å². The molecular formula is C48H51O2P. The highest BCUT2D eigenvalue weighted by atomic mass is 31.1. The SMILES string of the molecule is Cc1cc(C)c(-c2cccc(OPOc3cccc(-c4c(C)cc(C)cc4C)c3-c3c(C)cc(C)cc3C)c2-c2c(C)cc(C)cc2C)c(C)c1. The van der Waals surface area contributed by atoms with Gasteiger partial charge in [-0.1, -0.05) is 95.1 Å². The van der Waals surface area contributed by atoms with Gasteiger partial charge in [0.2, 0.25) is 0 Å². The molecule has 0 saturated carbocycles. The van der Waals surface area contributed by atoms with Gasteiger partial charge in [-0.25, -0.2) is 0 Å². The lowest BCUT2D eigenvalue weighted by Crippen LogP contribution is -2.00. The molecule has 0 saturated heterocycles. The maximum absolute atomic E-state index is 6.79. The first-order valence-corrected chi connectivity index (χ1v) is 18.7. The molecule has 6 rings (SSSR count). The molecule has 0 N–H and O–H groups in total. The van der Waals surface area contributed by atoms with Gasteiger partial charge in [0.15, 0.2) is 0 Å². The first-order valence-electron chi connectivity index (χ1n) is 17.9. The number of aryl methyl sites for hydroxylation is 12. The minimum Gasteiger partial charge on any atom is -0.440 e. The highest BCUT2D eigenvalue weighted by Crippen LogP contribution is 2.48. The van der Waals surface area contributed by atoms with Crippen molar-refractivity contribution in [3.05, 3.63) is 152 Å². The fourth-order valence-corrected chi connectivity index (χ4v) is 9.20. The molecule has 0 atom stereocenters. The molecule has 6 aromatic carbocycles. The molecule has 0 spiro atoms. The van der Waals surface area contributed by atoms with Gasteiger partial charge in [-0.3, -0.25) is 0 Å². The Balaban J connectivity index is 1.49. The van der Waals surface area contributed by atoms with E-state index < -0.39 is 0 Å². The van der Waals surface area contributed by atoms with Crippen LogP contribution in [0.1, 0.15) is 66.8 Å². The average Bonchev–Trinajstić information content (AvgIpc) is 3.01. The second kappa shape index (κ2) is 14.5. The zero-order chi connectivity index (χ0) is 36.7. The Morgan fingerprint density at radius 2 is 0.569 bits per heavy atom. The third kappa shape index (κ3) is 7.13. The molecule has 0 aliphatic carbocycles. The van der Waals surface area contributed by atoms with E-state index >= 15 is 0 Å². The van der Waals surface area contributed by atoms with Crippen LogP contribution in [0.3, 0.4) is 0 Å². The third-order valence-corrected chi connectivity index (χ3v) is 10.7. The lowest BCUT2D eigenvalue weighted by molar-refractivity contribution is 0.518. The van der Waals surface area contributed by atoms with Crippen molar-refractivity contribution < 1.29 is 9.05 Å². The summed E-state index contributed by atoms with van der Waals surface area (Å²) in [5.41, 5.74) is 24.6. The predicted molar refractivity (Wildman–Crippen MR) is 221 cm³/mol.